The number of nitriles is 1. The largest absolute Gasteiger partial charge is 0.381 e. The monoisotopic (exact) mass is 308 g/mol. The van der Waals surface area contributed by atoms with Crippen molar-refractivity contribution < 1.29 is 9.53 Å². The number of carbonyl (C=O) groups excluding carboxylic acids is 1. The molecule has 0 aliphatic carbocycles. The van der Waals surface area contributed by atoms with E-state index >= 15 is 0 Å². The van der Waals surface area contributed by atoms with Gasteiger partial charge in [0.25, 0.3) is 5.91 Å². The molecule has 0 aromatic heterocycles. The number of hydrogen-bond donors (Lipinski definition) is 1. The second-order valence-corrected chi connectivity index (χ2v) is 5.64. The summed E-state index contributed by atoms with van der Waals surface area (Å²) >= 11 is 0. The van der Waals surface area contributed by atoms with E-state index in [0.717, 1.165) is 26.1 Å². The van der Waals surface area contributed by atoms with Crippen LogP contribution in [0.5, 0.6) is 0 Å². The molecule has 0 spiro atoms. The molecule has 0 aromatic carbocycles. The minimum absolute atomic E-state index is 0.0151. The third kappa shape index (κ3) is 13.6. The average Bonchev–Trinajstić information content (AvgIpc) is 2.54. The van der Waals surface area contributed by atoms with Crippen molar-refractivity contribution >= 4 is 5.91 Å². The van der Waals surface area contributed by atoms with Gasteiger partial charge in [-0.2, -0.15) is 5.26 Å². The fourth-order valence-electron chi connectivity index (χ4n) is 2.10. The molecular formula is C18H32N2O2. The van der Waals surface area contributed by atoms with Crippen LogP contribution in [0.4, 0.5) is 0 Å². The Morgan fingerprint density at radius 2 is 1.55 bits per heavy atom. The topological polar surface area (TPSA) is 62.1 Å². The first kappa shape index (κ1) is 20.7. The van der Waals surface area contributed by atoms with E-state index < -0.39 is 0 Å². The average molecular weight is 308 g/mol. The van der Waals surface area contributed by atoms with Gasteiger partial charge in [-0.3, -0.25) is 4.79 Å². The zero-order valence-electron chi connectivity index (χ0n) is 14.2. The second kappa shape index (κ2) is 16.0. The Bertz CT molecular complexity index is 334. The molecule has 1 N–H and O–H groups in total. The van der Waals surface area contributed by atoms with Gasteiger partial charge in [-0.25, -0.2) is 0 Å². The fourth-order valence-corrected chi connectivity index (χ4v) is 2.10. The Hall–Kier alpha value is -1.34. The molecule has 126 valence electrons. The summed E-state index contributed by atoms with van der Waals surface area (Å²) in [5.41, 5.74) is -0.0151. The van der Waals surface area contributed by atoms with Crippen LogP contribution in [-0.4, -0.2) is 25.7 Å². The third-order valence-corrected chi connectivity index (χ3v) is 3.55. The quantitative estimate of drug-likeness (QED) is 0.281. The highest BCUT2D eigenvalue weighted by atomic mass is 16.5. The van der Waals surface area contributed by atoms with E-state index in [1.165, 1.54) is 51.4 Å². The molecule has 0 rings (SSSR count). The predicted octanol–water partition coefficient (Wildman–Crippen LogP) is 4.12. The molecule has 4 nitrogen and oxygen atoms in total. The molecule has 0 aromatic rings. The first-order valence-corrected chi connectivity index (χ1v) is 8.67. The van der Waals surface area contributed by atoms with E-state index in [-0.39, 0.29) is 11.5 Å². The summed E-state index contributed by atoms with van der Waals surface area (Å²) < 4.78 is 5.53. The molecule has 0 unspecified atom stereocenters. The number of ether oxygens (including phenoxy) is 1. The Kier molecular flexibility index (Phi) is 15.1. The van der Waals surface area contributed by atoms with E-state index in [4.69, 9.17) is 10.00 Å². The number of carbonyl (C=O) groups is 1. The van der Waals surface area contributed by atoms with E-state index in [9.17, 15) is 4.79 Å². The first-order chi connectivity index (χ1) is 10.7. The summed E-state index contributed by atoms with van der Waals surface area (Å²) in [5.74, 6) is -0.344. The number of hydrogen-bond acceptors (Lipinski definition) is 3. The predicted molar refractivity (Wildman–Crippen MR) is 90.4 cm³/mol. The zero-order chi connectivity index (χ0) is 16.5. The second-order valence-electron chi connectivity index (χ2n) is 5.64. The lowest BCUT2D eigenvalue weighted by atomic mass is 10.1. The molecule has 0 heterocycles. The lowest BCUT2D eigenvalue weighted by Crippen LogP contribution is -2.25. The van der Waals surface area contributed by atoms with E-state index in [2.05, 4.69) is 18.8 Å². The molecule has 0 aliphatic rings. The van der Waals surface area contributed by atoms with Crippen molar-refractivity contribution in [1.82, 2.24) is 5.32 Å². The SMILES string of the molecule is C=C(C#N)C(=O)NCCCCCCCCCCOCCCC. The van der Waals surface area contributed by atoms with Gasteiger partial charge in [0.2, 0.25) is 0 Å². The molecule has 0 saturated heterocycles. The lowest BCUT2D eigenvalue weighted by Gasteiger charge is -2.05. The smallest absolute Gasteiger partial charge is 0.261 e. The van der Waals surface area contributed by atoms with Crippen molar-refractivity contribution in [3.63, 3.8) is 0 Å². The van der Waals surface area contributed by atoms with Gasteiger partial charge < -0.3 is 10.1 Å². The number of rotatable bonds is 15. The molecule has 0 bridgehead atoms. The summed E-state index contributed by atoms with van der Waals surface area (Å²) in [7, 11) is 0. The van der Waals surface area contributed by atoms with Crippen LogP contribution >= 0.6 is 0 Å². The summed E-state index contributed by atoms with van der Waals surface area (Å²) in [6.07, 6.45) is 12.0. The van der Waals surface area contributed by atoms with Crippen molar-refractivity contribution in [2.24, 2.45) is 0 Å². The van der Waals surface area contributed by atoms with Crippen LogP contribution in [0.15, 0.2) is 12.2 Å². The van der Waals surface area contributed by atoms with Gasteiger partial charge in [0.1, 0.15) is 11.6 Å². The van der Waals surface area contributed by atoms with Crippen LogP contribution in [-0.2, 0) is 9.53 Å². The van der Waals surface area contributed by atoms with Gasteiger partial charge in [0.15, 0.2) is 0 Å². The third-order valence-electron chi connectivity index (χ3n) is 3.55. The molecule has 0 radical (unpaired) electrons. The van der Waals surface area contributed by atoms with E-state index in [1.807, 2.05) is 0 Å². The Balaban J connectivity index is 3.13. The zero-order valence-corrected chi connectivity index (χ0v) is 14.2. The summed E-state index contributed by atoms with van der Waals surface area (Å²) in [4.78, 5) is 11.2. The number of nitrogens with one attached hydrogen (secondary N) is 1. The molecule has 0 fully saturated rings. The molecule has 4 heteroatoms. The Morgan fingerprint density at radius 3 is 2.14 bits per heavy atom. The number of unbranched alkanes of at least 4 members (excludes halogenated alkanes) is 8. The molecule has 0 atom stereocenters. The van der Waals surface area contributed by atoms with Gasteiger partial charge in [0, 0.05) is 19.8 Å². The van der Waals surface area contributed by atoms with Crippen molar-refractivity contribution in [2.45, 2.75) is 71.1 Å². The maximum absolute atomic E-state index is 11.2. The van der Waals surface area contributed by atoms with Crippen molar-refractivity contribution in [1.29, 1.82) is 5.26 Å². The van der Waals surface area contributed by atoms with Crippen LogP contribution in [0.1, 0.15) is 71.1 Å². The van der Waals surface area contributed by atoms with E-state index in [1.54, 1.807) is 6.07 Å². The van der Waals surface area contributed by atoms with Crippen LogP contribution in [0.2, 0.25) is 0 Å². The Labute approximate surface area is 135 Å². The van der Waals surface area contributed by atoms with Crippen LogP contribution < -0.4 is 5.32 Å². The molecule has 1 amide bonds. The van der Waals surface area contributed by atoms with Gasteiger partial charge >= 0.3 is 0 Å². The molecule has 0 aliphatic heterocycles. The highest BCUT2D eigenvalue weighted by Crippen LogP contribution is 2.08. The van der Waals surface area contributed by atoms with Crippen LogP contribution in [0, 0.1) is 11.3 Å². The molecule has 0 saturated carbocycles. The van der Waals surface area contributed by atoms with Crippen LogP contribution in [0.25, 0.3) is 0 Å². The summed E-state index contributed by atoms with van der Waals surface area (Å²) in [6.45, 7) is 8.01. The van der Waals surface area contributed by atoms with Crippen molar-refractivity contribution in [3.8, 4) is 6.07 Å². The molecule has 22 heavy (non-hydrogen) atoms. The summed E-state index contributed by atoms with van der Waals surface area (Å²) in [6, 6.07) is 1.75. The lowest BCUT2D eigenvalue weighted by molar-refractivity contribution is -0.117. The van der Waals surface area contributed by atoms with Crippen LogP contribution in [0.3, 0.4) is 0 Å². The normalized spacial score (nSPS) is 10.2. The van der Waals surface area contributed by atoms with Gasteiger partial charge in [0.05, 0.1) is 0 Å². The minimum atomic E-state index is -0.344. The maximum Gasteiger partial charge on any atom is 0.261 e. The standard InChI is InChI=1S/C18H32N2O2/c1-3-4-14-22-15-12-10-8-6-5-7-9-11-13-20-18(21)17(2)16-19/h2-15H2,1H3,(H,20,21). The first-order valence-electron chi connectivity index (χ1n) is 8.67. The number of nitrogens with zero attached hydrogens (tertiary/aromatic N) is 1. The van der Waals surface area contributed by atoms with Crippen molar-refractivity contribution in [2.75, 3.05) is 19.8 Å². The van der Waals surface area contributed by atoms with Crippen molar-refractivity contribution in [3.05, 3.63) is 12.2 Å². The number of amides is 1. The fraction of sp³-hybridized carbons (Fsp3) is 0.778. The molecular weight excluding hydrogens is 276 g/mol. The van der Waals surface area contributed by atoms with Gasteiger partial charge in [-0.1, -0.05) is 58.4 Å². The van der Waals surface area contributed by atoms with Gasteiger partial charge in [-0.05, 0) is 19.3 Å². The maximum atomic E-state index is 11.2. The summed E-state index contributed by atoms with van der Waals surface area (Å²) in [5, 5.41) is 11.2. The minimum Gasteiger partial charge on any atom is -0.381 e. The highest BCUT2D eigenvalue weighted by Gasteiger charge is 2.03. The highest BCUT2D eigenvalue weighted by molar-refractivity contribution is 5.96. The van der Waals surface area contributed by atoms with E-state index in [0.29, 0.717) is 6.54 Å². The van der Waals surface area contributed by atoms with Gasteiger partial charge in [-0.15, -0.1) is 0 Å². The Morgan fingerprint density at radius 1 is 1.00 bits per heavy atom.